The van der Waals surface area contributed by atoms with E-state index in [-0.39, 0.29) is 23.3 Å². The van der Waals surface area contributed by atoms with E-state index >= 15 is 0 Å². The molecule has 2 amide bonds. The zero-order chi connectivity index (χ0) is 23.8. The Bertz CT molecular complexity index is 1400. The van der Waals surface area contributed by atoms with E-state index in [1.54, 1.807) is 59.6 Å². The molecule has 2 aromatic carbocycles. The van der Waals surface area contributed by atoms with Crippen molar-refractivity contribution in [2.24, 2.45) is 5.73 Å². The average molecular weight is 459 g/mol. The molecule has 0 radical (unpaired) electrons. The summed E-state index contributed by atoms with van der Waals surface area (Å²) in [5.74, 6) is 0.226. The van der Waals surface area contributed by atoms with Gasteiger partial charge in [-0.2, -0.15) is 5.10 Å². The maximum absolute atomic E-state index is 13.1. The van der Waals surface area contributed by atoms with Crippen LogP contribution in [-0.2, 0) is 4.79 Å². The predicted octanol–water partition coefficient (Wildman–Crippen LogP) is 3.86. The number of allylic oxidation sites excluding steroid dienone is 1. The minimum Gasteiger partial charge on any atom is -0.457 e. The zero-order valence-corrected chi connectivity index (χ0v) is 18.4. The van der Waals surface area contributed by atoms with Crippen molar-refractivity contribution >= 4 is 17.5 Å². The lowest BCUT2D eigenvalue weighted by Crippen LogP contribution is -2.47. The van der Waals surface area contributed by atoms with Gasteiger partial charge in [-0.15, -0.1) is 0 Å². The normalized spacial score (nSPS) is 14.0. The number of primary amides is 1. The summed E-state index contributed by atoms with van der Waals surface area (Å²) in [6.45, 7) is 2.98. The molecule has 0 unspecified atom stereocenters. The molecule has 3 N–H and O–H groups in total. The molecule has 172 valence electrons. The highest BCUT2D eigenvalue weighted by Gasteiger charge is 2.34. The van der Waals surface area contributed by atoms with Crippen LogP contribution in [0.3, 0.4) is 0 Å². The van der Waals surface area contributed by atoms with Crippen LogP contribution < -0.4 is 10.5 Å². The fraction of sp³-hybridized carbons (Fsp3) is 0.160. The third-order valence-corrected chi connectivity index (χ3v) is 5.86. The topological polar surface area (TPSA) is 106 Å². The summed E-state index contributed by atoms with van der Waals surface area (Å²) in [6.07, 6.45) is 4.98. The molecule has 3 heterocycles. The van der Waals surface area contributed by atoms with E-state index in [1.807, 2.05) is 6.92 Å². The Morgan fingerprint density at radius 2 is 1.76 bits per heavy atom. The predicted molar refractivity (Wildman–Crippen MR) is 124 cm³/mol. The second-order valence-electron chi connectivity index (χ2n) is 8.09. The van der Waals surface area contributed by atoms with Gasteiger partial charge in [-0.3, -0.25) is 9.59 Å². The van der Waals surface area contributed by atoms with Crippen LogP contribution in [0.2, 0.25) is 0 Å². The van der Waals surface area contributed by atoms with Crippen molar-refractivity contribution in [3.8, 4) is 22.8 Å². The molecule has 0 spiro atoms. The molecule has 9 heteroatoms. The molecule has 0 saturated carbocycles. The van der Waals surface area contributed by atoms with Crippen molar-refractivity contribution < 1.29 is 18.7 Å². The second kappa shape index (κ2) is 8.51. The molecule has 1 saturated heterocycles. The summed E-state index contributed by atoms with van der Waals surface area (Å²) >= 11 is 0. The lowest BCUT2D eigenvalue weighted by atomic mass is 9.93. The van der Waals surface area contributed by atoms with Crippen molar-refractivity contribution in [3.05, 3.63) is 84.0 Å². The van der Waals surface area contributed by atoms with E-state index in [4.69, 9.17) is 10.5 Å². The Labute approximate surface area is 194 Å². The summed E-state index contributed by atoms with van der Waals surface area (Å²) in [4.78, 5) is 29.4. The van der Waals surface area contributed by atoms with Gasteiger partial charge in [0.2, 0.25) is 5.91 Å². The first-order chi connectivity index (χ1) is 16.4. The molecule has 0 atom stereocenters. The van der Waals surface area contributed by atoms with Crippen LogP contribution in [-0.4, -0.2) is 44.4 Å². The number of likely N-dealkylation sites (tertiary alicyclic amines) is 1. The number of carbonyl (C=O) groups excluding carboxylic acids is 2. The molecule has 34 heavy (non-hydrogen) atoms. The summed E-state index contributed by atoms with van der Waals surface area (Å²) in [6, 6.07) is 12.9. The molecular weight excluding hydrogens is 437 g/mol. The maximum Gasteiger partial charge on any atom is 0.269 e. The minimum atomic E-state index is -0.610. The number of nitrogens with zero attached hydrogens (tertiary/aromatic N) is 3. The van der Waals surface area contributed by atoms with Crippen LogP contribution in [0.5, 0.6) is 11.5 Å². The van der Waals surface area contributed by atoms with Crippen molar-refractivity contribution in [3.63, 3.8) is 0 Å². The zero-order valence-electron chi connectivity index (χ0n) is 18.4. The number of nitrogens with one attached hydrogen (secondary N) is 1. The first-order valence-corrected chi connectivity index (χ1v) is 10.8. The van der Waals surface area contributed by atoms with E-state index < -0.39 is 5.91 Å². The number of fused-ring (bicyclic) bond motifs is 1. The molecular formula is C25H22FN5O3. The van der Waals surface area contributed by atoms with Crippen molar-refractivity contribution in [2.45, 2.75) is 12.8 Å². The summed E-state index contributed by atoms with van der Waals surface area (Å²) in [5, 5.41) is 4.39. The van der Waals surface area contributed by atoms with Crippen molar-refractivity contribution in [1.82, 2.24) is 19.5 Å². The van der Waals surface area contributed by atoms with Gasteiger partial charge < -0.3 is 20.4 Å². The number of rotatable bonds is 6. The molecule has 0 bridgehead atoms. The number of amides is 2. The maximum atomic E-state index is 13.1. The van der Waals surface area contributed by atoms with Crippen LogP contribution in [0.1, 0.15) is 28.9 Å². The van der Waals surface area contributed by atoms with Gasteiger partial charge in [0, 0.05) is 30.1 Å². The Morgan fingerprint density at radius 3 is 2.38 bits per heavy atom. The lowest BCUT2D eigenvalue weighted by molar-refractivity contribution is -0.130. The highest BCUT2D eigenvalue weighted by atomic mass is 19.1. The van der Waals surface area contributed by atoms with Crippen LogP contribution in [0, 0.1) is 5.82 Å². The van der Waals surface area contributed by atoms with Crippen LogP contribution in [0.25, 0.3) is 16.9 Å². The molecule has 1 fully saturated rings. The number of hydrogen-bond acceptors (Lipinski definition) is 4. The summed E-state index contributed by atoms with van der Waals surface area (Å²) in [7, 11) is 0. The van der Waals surface area contributed by atoms with E-state index in [2.05, 4.69) is 10.1 Å². The number of H-pyrrole nitrogens is 1. The van der Waals surface area contributed by atoms with Crippen molar-refractivity contribution in [1.29, 1.82) is 0 Å². The third kappa shape index (κ3) is 3.81. The Kier molecular flexibility index (Phi) is 5.37. The number of halogens is 1. The van der Waals surface area contributed by atoms with E-state index in [0.29, 0.717) is 35.9 Å². The number of carbonyl (C=O) groups is 2. The van der Waals surface area contributed by atoms with Gasteiger partial charge in [-0.1, -0.05) is 6.08 Å². The highest BCUT2D eigenvalue weighted by molar-refractivity contribution is 5.98. The van der Waals surface area contributed by atoms with E-state index in [1.165, 1.54) is 16.6 Å². The quantitative estimate of drug-likeness (QED) is 0.427. The van der Waals surface area contributed by atoms with Gasteiger partial charge in [0.15, 0.2) is 5.69 Å². The van der Waals surface area contributed by atoms with Crippen LogP contribution in [0.4, 0.5) is 4.39 Å². The Hall–Kier alpha value is -4.40. The number of nitrogens with two attached hydrogens (primary N) is 1. The number of aromatic nitrogens is 3. The van der Waals surface area contributed by atoms with Gasteiger partial charge in [0.25, 0.3) is 5.91 Å². The molecule has 5 rings (SSSR count). The monoisotopic (exact) mass is 459 g/mol. The first kappa shape index (κ1) is 21.4. The third-order valence-electron chi connectivity index (χ3n) is 5.86. The van der Waals surface area contributed by atoms with Gasteiger partial charge in [0.1, 0.15) is 23.0 Å². The lowest BCUT2D eigenvalue weighted by Gasteiger charge is -2.38. The number of benzene rings is 2. The highest BCUT2D eigenvalue weighted by Crippen LogP contribution is 2.34. The number of imidazole rings is 1. The van der Waals surface area contributed by atoms with Gasteiger partial charge in [-0.05, 0) is 61.5 Å². The molecule has 8 nitrogen and oxygen atoms in total. The molecule has 0 aliphatic carbocycles. The molecule has 4 aromatic rings. The van der Waals surface area contributed by atoms with E-state index in [0.717, 1.165) is 11.1 Å². The summed E-state index contributed by atoms with van der Waals surface area (Å²) in [5.41, 5.74) is 8.83. The average Bonchev–Trinajstić information content (AvgIpc) is 3.35. The Balaban J connectivity index is 1.42. The number of aromatic amines is 1. The van der Waals surface area contributed by atoms with E-state index in [9.17, 15) is 14.0 Å². The summed E-state index contributed by atoms with van der Waals surface area (Å²) < 4.78 is 20.4. The second-order valence-corrected chi connectivity index (χ2v) is 8.09. The standard InChI is InChI=1S/C25H22FN5O3/c1-2-3-21(32)30-13-16(14-30)20-12-28-31-23(24(27)33)22(29-25(20)31)15-4-8-18(9-5-15)34-19-10-6-17(26)7-11-19/h2-12,16,29H,13-14H2,1H3,(H2,27,33)/b3-2+. The first-order valence-electron chi connectivity index (χ1n) is 10.8. The van der Waals surface area contributed by atoms with Crippen molar-refractivity contribution in [2.75, 3.05) is 13.1 Å². The SMILES string of the molecule is C/C=C/C(=O)N1CC(c2cnn3c(C(N)=O)c(-c4ccc(Oc5ccc(F)cc5)cc4)[nH]c23)C1. The van der Waals surface area contributed by atoms with Gasteiger partial charge in [0.05, 0.1) is 11.9 Å². The smallest absolute Gasteiger partial charge is 0.269 e. The van der Waals surface area contributed by atoms with Crippen LogP contribution >= 0.6 is 0 Å². The molecule has 2 aromatic heterocycles. The number of ether oxygens (including phenoxy) is 1. The minimum absolute atomic E-state index is 0.0184. The van der Waals surface area contributed by atoms with Gasteiger partial charge >= 0.3 is 0 Å². The fourth-order valence-electron chi connectivity index (χ4n) is 4.11. The van der Waals surface area contributed by atoms with Gasteiger partial charge in [-0.25, -0.2) is 8.91 Å². The number of hydrogen-bond donors (Lipinski definition) is 2. The molecule has 1 aliphatic rings. The largest absolute Gasteiger partial charge is 0.457 e. The fourth-order valence-corrected chi connectivity index (χ4v) is 4.11. The Morgan fingerprint density at radius 1 is 1.12 bits per heavy atom. The molecule has 1 aliphatic heterocycles. The van der Waals surface area contributed by atoms with Crippen LogP contribution in [0.15, 0.2) is 66.9 Å².